The number of carbonyl (C=O) groups is 1. The fraction of sp³-hybridized carbons (Fsp3) is 0.278. The second-order valence-electron chi connectivity index (χ2n) is 5.87. The van der Waals surface area contributed by atoms with Gasteiger partial charge >= 0.3 is 0 Å². The van der Waals surface area contributed by atoms with Crippen LogP contribution in [0.2, 0.25) is 0 Å². The summed E-state index contributed by atoms with van der Waals surface area (Å²) in [6.45, 7) is 2.18. The van der Waals surface area contributed by atoms with Crippen molar-refractivity contribution < 1.29 is 19.2 Å². The number of hydrogen-bond donors (Lipinski definition) is 1. The van der Waals surface area contributed by atoms with Gasteiger partial charge in [0.2, 0.25) is 5.91 Å². The van der Waals surface area contributed by atoms with Crippen LogP contribution in [0.4, 0.5) is 5.69 Å². The largest absolute Gasteiger partial charge is 0.486 e. The second-order valence-corrected chi connectivity index (χ2v) is 5.87. The molecule has 1 aliphatic rings. The van der Waals surface area contributed by atoms with E-state index in [1.54, 1.807) is 12.1 Å². The summed E-state index contributed by atoms with van der Waals surface area (Å²) in [6.07, 6.45) is -0.236. The predicted octanol–water partition coefficient (Wildman–Crippen LogP) is 2.48. The molecule has 1 amide bonds. The summed E-state index contributed by atoms with van der Waals surface area (Å²) in [5, 5.41) is 13.7. The molecule has 0 radical (unpaired) electrons. The number of nitrogens with zero attached hydrogens (tertiary/aromatic N) is 1. The van der Waals surface area contributed by atoms with Gasteiger partial charge in [-0.05, 0) is 24.6 Å². The number of hydrogen-bond acceptors (Lipinski definition) is 5. The van der Waals surface area contributed by atoms with Crippen molar-refractivity contribution in [2.45, 2.75) is 25.5 Å². The summed E-state index contributed by atoms with van der Waals surface area (Å²) < 4.78 is 11.5. The number of amides is 1. The summed E-state index contributed by atoms with van der Waals surface area (Å²) in [7, 11) is 0. The van der Waals surface area contributed by atoms with Crippen molar-refractivity contribution >= 4 is 11.6 Å². The van der Waals surface area contributed by atoms with Gasteiger partial charge in [0.05, 0.1) is 17.4 Å². The third-order valence-corrected chi connectivity index (χ3v) is 3.96. The van der Waals surface area contributed by atoms with Crippen molar-refractivity contribution in [1.29, 1.82) is 0 Å². The molecule has 0 spiro atoms. The maximum Gasteiger partial charge on any atom is 0.269 e. The molecule has 2 unspecified atom stereocenters. The average molecular weight is 342 g/mol. The summed E-state index contributed by atoms with van der Waals surface area (Å²) in [6, 6.07) is 13.2. The van der Waals surface area contributed by atoms with Crippen molar-refractivity contribution in [3.63, 3.8) is 0 Å². The standard InChI is InChI=1S/C18H18N2O5/c1-12(17-11-24-15-7-2-3-8-16(15)25-17)19-18(21)10-13-5-4-6-14(9-13)20(22)23/h2-9,12,17H,10-11H2,1H3,(H,19,21). The molecular formula is C18H18N2O5. The molecule has 1 heterocycles. The minimum absolute atomic E-state index is 0.0287. The van der Waals surface area contributed by atoms with Crippen LogP contribution in [0.3, 0.4) is 0 Å². The molecule has 0 saturated carbocycles. The van der Waals surface area contributed by atoms with E-state index in [2.05, 4.69) is 5.32 Å². The first-order valence-electron chi connectivity index (χ1n) is 7.94. The molecule has 0 aliphatic carbocycles. The number of non-ortho nitro benzene ring substituents is 1. The lowest BCUT2D eigenvalue weighted by molar-refractivity contribution is -0.384. The van der Waals surface area contributed by atoms with Gasteiger partial charge in [-0.1, -0.05) is 24.3 Å². The molecule has 1 N–H and O–H groups in total. The minimum Gasteiger partial charge on any atom is -0.486 e. The lowest BCUT2D eigenvalue weighted by atomic mass is 10.1. The first kappa shape index (κ1) is 16.8. The smallest absolute Gasteiger partial charge is 0.269 e. The molecule has 7 nitrogen and oxygen atoms in total. The van der Waals surface area contributed by atoms with Gasteiger partial charge in [0.1, 0.15) is 6.61 Å². The van der Waals surface area contributed by atoms with Gasteiger partial charge in [0, 0.05) is 12.1 Å². The molecule has 2 aromatic carbocycles. The van der Waals surface area contributed by atoms with Gasteiger partial charge in [-0.25, -0.2) is 0 Å². The van der Waals surface area contributed by atoms with Crippen LogP contribution >= 0.6 is 0 Å². The molecule has 0 aromatic heterocycles. The Balaban J connectivity index is 1.58. The average Bonchev–Trinajstić information content (AvgIpc) is 2.61. The van der Waals surface area contributed by atoms with Crippen molar-refractivity contribution in [3.8, 4) is 11.5 Å². The summed E-state index contributed by atoms with van der Waals surface area (Å²) >= 11 is 0. The highest BCUT2D eigenvalue weighted by molar-refractivity contribution is 5.79. The van der Waals surface area contributed by atoms with E-state index in [1.807, 2.05) is 31.2 Å². The van der Waals surface area contributed by atoms with E-state index in [4.69, 9.17) is 9.47 Å². The van der Waals surface area contributed by atoms with Crippen molar-refractivity contribution in [1.82, 2.24) is 5.32 Å². The summed E-state index contributed by atoms with van der Waals surface area (Å²) in [4.78, 5) is 22.5. The third kappa shape index (κ3) is 4.06. The van der Waals surface area contributed by atoms with Crippen LogP contribution in [0.25, 0.3) is 0 Å². The lowest BCUT2D eigenvalue weighted by Gasteiger charge is -2.30. The molecule has 3 rings (SSSR count). The van der Waals surface area contributed by atoms with E-state index in [-0.39, 0.29) is 30.2 Å². The van der Waals surface area contributed by atoms with Gasteiger partial charge in [-0.3, -0.25) is 14.9 Å². The molecule has 0 bridgehead atoms. The third-order valence-electron chi connectivity index (χ3n) is 3.96. The van der Waals surface area contributed by atoms with Gasteiger partial charge in [-0.15, -0.1) is 0 Å². The molecule has 130 valence electrons. The topological polar surface area (TPSA) is 90.7 Å². The zero-order valence-corrected chi connectivity index (χ0v) is 13.7. The molecule has 0 fully saturated rings. The number of ether oxygens (including phenoxy) is 2. The lowest BCUT2D eigenvalue weighted by Crippen LogP contribution is -2.48. The molecular weight excluding hydrogens is 324 g/mol. The number of nitrogens with one attached hydrogen (secondary N) is 1. The first-order chi connectivity index (χ1) is 12.0. The molecule has 2 atom stereocenters. The van der Waals surface area contributed by atoms with E-state index in [1.165, 1.54) is 12.1 Å². The minimum atomic E-state index is -0.477. The Morgan fingerprint density at radius 1 is 1.28 bits per heavy atom. The number of benzene rings is 2. The van der Waals surface area contributed by atoms with E-state index in [0.717, 1.165) is 0 Å². The number of rotatable bonds is 5. The van der Waals surface area contributed by atoms with Crippen LogP contribution < -0.4 is 14.8 Å². The molecule has 7 heteroatoms. The maximum atomic E-state index is 12.2. The van der Waals surface area contributed by atoms with Crippen LogP contribution in [-0.4, -0.2) is 29.6 Å². The zero-order chi connectivity index (χ0) is 17.8. The normalized spacial score (nSPS) is 16.8. The maximum absolute atomic E-state index is 12.2. The Labute approximate surface area is 144 Å². The highest BCUT2D eigenvalue weighted by atomic mass is 16.6. The van der Waals surface area contributed by atoms with E-state index >= 15 is 0 Å². The number of nitro benzene ring substituents is 1. The Hall–Kier alpha value is -3.09. The fourth-order valence-corrected chi connectivity index (χ4v) is 2.65. The number of fused-ring (bicyclic) bond motifs is 1. The zero-order valence-electron chi connectivity index (χ0n) is 13.7. The number of para-hydroxylation sites is 2. The van der Waals surface area contributed by atoms with E-state index < -0.39 is 4.92 Å². The predicted molar refractivity (Wildman–Crippen MR) is 90.8 cm³/mol. The molecule has 25 heavy (non-hydrogen) atoms. The number of nitro groups is 1. The van der Waals surface area contributed by atoms with Crippen LogP contribution in [-0.2, 0) is 11.2 Å². The Bertz CT molecular complexity index is 793. The second kappa shape index (κ2) is 7.21. The highest BCUT2D eigenvalue weighted by Crippen LogP contribution is 2.31. The van der Waals surface area contributed by atoms with E-state index in [9.17, 15) is 14.9 Å². The monoisotopic (exact) mass is 342 g/mol. The van der Waals surface area contributed by atoms with Crippen LogP contribution in [0.1, 0.15) is 12.5 Å². The van der Waals surface area contributed by atoms with Crippen molar-refractivity contribution in [2.24, 2.45) is 0 Å². The van der Waals surface area contributed by atoms with Gasteiger partial charge in [0.15, 0.2) is 17.6 Å². The Morgan fingerprint density at radius 3 is 2.80 bits per heavy atom. The van der Waals surface area contributed by atoms with Gasteiger partial charge in [-0.2, -0.15) is 0 Å². The fourth-order valence-electron chi connectivity index (χ4n) is 2.65. The Morgan fingerprint density at radius 2 is 2.04 bits per heavy atom. The van der Waals surface area contributed by atoms with Crippen molar-refractivity contribution in [2.75, 3.05) is 6.61 Å². The molecule has 1 aliphatic heterocycles. The van der Waals surface area contributed by atoms with Crippen LogP contribution in [0.5, 0.6) is 11.5 Å². The molecule has 0 saturated heterocycles. The summed E-state index contributed by atoms with van der Waals surface area (Å²) in [5.74, 6) is 1.11. The quantitative estimate of drug-likeness (QED) is 0.666. The highest BCUT2D eigenvalue weighted by Gasteiger charge is 2.27. The van der Waals surface area contributed by atoms with Gasteiger partial charge in [0.25, 0.3) is 5.69 Å². The Kier molecular flexibility index (Phi) is 4.83. The van der Waals surface area contributed by atoms with Crippen molar-refractivity contribution in [3.05, 3.63) is 64.2 Å². The molecule has 2 aromatic rings. The number of carbonyl (C=O) groups excluding carboxylic acids is 1. The van der Waals surface area contributed by atoms with E-state index in [0.29, 0.717) is 23.7 Å². The van der Waals surface area contributed by atoms with Crippen LogP contribution in [0, 0.1) is 10.1 Å². The van der Waals surface area contributed by atoms with Gasteiger partial charge < -0.3 is 14.8 Å². The SMILES string of the molecule is CC(NC(=O)Cc1cccc([N+](=O)[O-])c1)C1COc2ccccc2O1. The summed E-state index contributed by atoms with van der Waals surface area (Å²) in [5.41, 5.74) is 0.559. The first-order valence-corrected chi connectivity index (χ1v) is 7.94. The van der Waals surface area contributed by atoms with Crippen LogP contribution in [0.15, 0.2) is 48.5 Å².